The number of halogens is 1. The predicted molar refractivity (Wildman–Crippen MR) is 78.1 cm³/mol. The normalized spacial score (nSPS) is 16.1. The summed E-state index contributed by atoms with van der Waals surface area (Å²) in [5.74, 6) is 0.975. The van der Waals surface area contributed by atoms with Crippen LogP contribution in [0.5, 0.6) is 5.75 Å². The summed E-state index contributed by atoms with van der Waals surface area (Å²) in [5, 5.41) is 0. The highest BCUT2D eigenvalue weighted by atomic mass is 79.9. The van der Waals surface area contributed by atoms with Crippen LogP contribution in [0.2, 0.25) is 0 Å². The van der Waals surface area contributed by atoms with Crippen molar-refractivity contribution < 1.29 is 4.74 Å². The lowest BCUT2D eigenvalue weighted by Gasteiger charge is -2.16. The van der Waals surface area contributed by atoms with Crippen molar-refractivity contribution in [3.8, 4) is 5.75 Å². The average molecular weight is 313 g/mol. The van der Waals surface area contributed by atoms with E-state index in [1.807, 2.05) is 12.1 Å². The van der Waals surface area contributed by atoms with Crippen LogP contribution in [-0.2, 0) is 6.42 Å². The van der Waals surface area contributed by atoms with Crippen LogP contribution in [0.4, 0.5) is 0 Å². The van der Waals surface area contributed by atoms with Crippen molar-refractivity contribution in [3.05, 3.63) is 28.2 Å². The molecule has 1 aliphatic rings. The largest absolute Gasteiger partial charge is 0.492 e. The van der Waals surface area contributed by atoms with E-state index >= 15 is 0 Å². The minimum atomic E-state index is 0.652. The van der Waals surface area contributed by atoms with Crippen LogP contribution < -0.4 is 10.5 Å². The van der Waals surface area contributed by atoms with Gasteiger partial charge in [0.05, 0.1) is 0 Å². The van der Waals surface area contributed by atoms with E-state index in [9.17, 15) is 0 Å². The highest BCUT2D eigenvalue weighted by molar-refractivity contribution is 9.10. The van der Waals surface area contributed by atoms with E-state index < -0.39 is 0 Å². The van der Waals surface area contributed by atoms with Gasteiger partial charge in [-0.3, -0.25) is 4.90 Å². The second-order valence-electron chi connectivity index (χ2n) is 4.69. The van der Waals surface area contributed by atoms with Gasteiger partial charge < -0.3 is 10.5 Å². The molecule has 0 bridgehead atoms. The first-order chi connectivity index (χ1) is 8.79. The Labute approximate surface area is 117 Å². The summed E-state index contributed by atoms with van der Waals surface area (Å²) in [6.07, 6.45) is 3.52. The van der Waals surface area contributed by atoms with Gasteiger partial charge in [-0.15, -0.1) is 0 Å². The van der Waals surface area contributed by atoms with E-state index in [2.05, 4.69) is 26.9 Å². The summed E-state index contributed by atoms with van der Waals surface area (Å²) in [6, 6.07) is 6.14. The van der Waals surface area contributed by atoms with Crippen LogP contribution in [0, 0.1) is 0 Å². The van der Waals surface area contributed by atoms with E-state index in [0.29, 0.717) is 6.54 Å². The van der Waals surface area contributed by atoms with Crippen LogP contribution in [0.15, 0.2) is 22.7 Å². The topological polar surface area (TPSA) is 38.5 Å². The second kappa shape index (κ2) is 7.12. The van der Waals surface area contributed by atoms with Crippen molar-refractivity contribution in [1.82, 2.24) is 4.90 Å². The third kappa shape index (κ3) is 3.97. The monoisotopic (exact) mass is 312 g/mol. The summed E-state index contributed by atoms with van der Waals surface area (Å²) in [6.45, 7) is 4.88. The summed E-state index contributed by atoms with van der Waals surface area (Å²) < 4.78 is 6.97. The molecule has 100 valence electrons. The number of benzene rings is 1. The van der Waals surface area contributed by atoms with Crippen LogP contribution in [0.1, 0.15) is 18.4 Å². The number of likely N-dealkylation sites (tertiary alicyclic amines) is 1. The lowest BCUT2D eigenvalue weighted by Crippen LogP contribution is -2.25. The fraction of sp³-hybridized carbons (Fsp3) is 0.571. The van der Waals surface area contributed by atoms with E-state index in [1.54, 1.807) is 0 Å². The number of nitrogens with zero attached hydrogens (tertiary/aromatic N) is 1. The second-order valence-corrected chi connectivity index (χ2v) is 5.60. The van der Waals surface area contributed by atoms with Gasteiger partial charge in [-0.1, -0.05) is 15.9 Å². The van der Waals surface area contributed by atoms with Crippen molar-refractivity contribution in [1.29, 1.82) is 0 Å². The first-order valence-electron chi connectivity index (χ1n) is 6.63. The zero-order chi connectivity index (χ0) is 12.8. The lowest BCUT2D eigenvalue weighted by molar-refractivity contribution is 0.236. The molecule has 0 spiro atoms. The first kappa shape index (κ1) is 13.8. The number of hydrogen-bond donors (Lipinski definition) is 1. The molecule has 1 fully saturated rings. The Hall–Kier alpha value is -0.580. The maximum Gasteiger partial charge on any atom is 0.122 e. The Morgan fingerprint density at radius 3 is 2.78 bits per heavy atom. The van der Waals surface area contributed by atoms with Crippen molar-refractivity contribution in [3.63, 3.8) is 0 Å². The van der Waals surface area contributed by atoms with Gasteiger partial charge in [0.15, 0.2) is 0 Å². The smallest absolute Gasteiger partial charge is 0.122 e. The van der Waals surface area contributed by atoms with Crippen LogP contribution in [0.25, 0.3) is 0 Å². The average Bonchev–Trinajstić information content (AvgIpc) is 2.85. The summed E-state index contributed by atoms with van der Waals surface area (Å²) >= 11 is 3.48. The molecule has 2 N–H and O–H groups in total. The molecular formula is C14H21BrN2O. The molecule has 1 heterocycles. The van der Waals surface area contributed by atoms with Gasteiger partial charge in [-0.05, 0) is 62.7 Å². The fourth-order valence-electron chi connectivity index (χ4n) is 2.33. The Balaban J connectivity index is 1.87. The van der Waals surface area contributed by atoms with E-state index in [-0.39, 0.29) is 0 Å². The van der Waals surface area contributed by atoms with Gasteiger partial charge in [0, 0.05) is 11.0 Å². The van der Waals surface area contributed by atoms with Crippen LogP contribution in [-0.4, -0.2) is 37.7 Å². The first-order valence-corrected chi connectivity index (χ1v) is 7.42. The minimum Gasteiger partial charge on any atom is -0.492 e. The molecule has 2 rings (SSSR count). The predicted octanol–water partition coefficient (Wildman–Crippen LogP) is 2.42. The van der Waals surface area contributed by atoms with Crippen molar-refractivity contribution in [2.75, 3.05) is 32.8 Å². The highest BCUT2D eigenvalue weighted by Crippen LogP contribution is 2.23. The molecule has 1 saturated heterocycles. The van der Waals surface area contributed by atoms with Gasteiger partial charge >= 0.3 is 0 Å². The molecule has 1 aliphatic heterocycles. The highest BCUT2D eigenvalue weighted by Gasteiger charge is 2.11. The number of hydrogen-bond acceptors (Lipinski definition) is 3. The number of ether oxygens (including phenoxy) is 1. The molecular weight excluding hydrogens is 292 g/mol. The van der Waals surface area contributed by atoms with Crippen molar-refractivity contribution in [2.45, 2.75) is 19.3 Å². The van der Waals surface area contributed by atoms with Crippen LogP contribution in [0.3, 0.4) is 0 Å². The molecule has 0 atom stereocenters. The molecule has 0 amide bonds. The van der Waals surface area contributed by atoms with E-state index in [1.165, 1.54) is 31.5 Å². The number of nitrogens with two attached hydrogens (primary N) is 1. The molecule has 0 aliphatic carbocycles. The molecule has 0 aromatic heterocycles. The maximum atomic E-state index is 5.89. The molecule has 18 heavy (non-hydrogen) atoms. The van der Waals surface area contributed by atoms with Gasteiger partial charge in [0.2, 0.25) is 0 Å². The number of rotatable bonds is 6. The minimum absolute atomic E-state index is 0.652. The molecule has 1 aromatic carbocycles. The molecule has 1 aromatic rings. The molecule has 3 nitrogen and oxygen atoms in total. The van der Waals surface area contributed by atoms with Gasteiger partial charge in [0.25, 0.3) is 0 Å². The standard InChI is InChI=1S/C14H21BrN2O/c15-13-3-4-14(12(11-13)5-6-16)18-10-9-17-7-1-2-8-17/h3-4,11H,1-2,5-10,16H2. The third-order valence-corrected chi connectivity index (χ3v) is 3.79. The Kier molecular flexibility index (Phi) is 5.47. The Morgan fingerprint density at radius 1 is 1.28 bits per heavy atom. The summed E-state index contributed by atoms with van der Waals surface area (Å²) in [7, 11) is 0. The van der Waals surface area contributed by atoms with Crippen molar-refractivity contribution >= 4 is 15.9 Å². The zero-order valence-corrected chi connectivity index (χ0v) is 12.3. The molecule has 0 saturated carbocycles. The zero-order valence-electron chi connectivity index (χ0n) is 10.7. The lowest BCUT2D eigenvalue weighted by atomic mass is 10.1. The molecule has 4 heteroatoms. The molecule has 0 radical (unpaired) electrons. The Morgan fingerprint density at radius 2 is 2.06 bits per heavy atom. The fourth-order valence-corrected chi connectivity index (χ4v) is 2.74. The quantitative estimate of drug-likeness (QED) is 0.876. The summed E-state index contributed by atoms with van der Waals surface area (Å²) in [4.78, 5) is 2.46. The maximum absolute atomic E-state index is 5.89. The summed E-state index contributed by atoms with van der Waals surface area (Å²) in [5.41, 5.74) is 6.82. The third-order valence-electron chi connectivity index (χ3n) is 3.30. The molecule has 0 unspecified atom stereocenters. The van der Waals surface area contributed by atoms with Crippen molar-refractivity contribution in [2.24, 2.45) is 5.73 Å². The SMILES string of the molecule is NCCc1cc(Br)ccc1OCCN1CCCC1. The Bertz CT molecular complexity index is 378. The van der Waals surface area contributed by atoms with E-state index in [4.69, 9.17) is 10.5 Å². The van der Waals surface area contributed by atoms with Gasteiger partial charge in [0.1, 0.15) is 12.4 Å². The van der Waals surface area contributed by atoms with Crippen LogP contribution >= 0.6 is 15.9 Å². The van der Waals surface area contributed by atoms with Gasteiger partial charge in [-0.25, -0.2) is 0 Å². The van der Waals surface area contributed by atoms with Gasteiger partial charge in [-0.2, -0.15) is 0 Å². The van der Waals surface area contributed by atoms with E-state index in [0.717, 1.165) is 29.8 Å².